The van der Waals surface area contributed by atoms with Crippen LogP contribution in [-0.2, 0) is 0 Å². The van der Waals surface area contributed by atoms with E-state index in [4.69, 9.17) is 4.74 Å². The summed E-state index contributed by atoms with van der Waals surface area (Å²) in [6.45, 7) is 3.63. The second-order valence-corrected chi connectivity index (χ2v) is 4.74. The highest BCUT2D eigenvalue weighted by atomic mass is 19.1. The summed E-state index contributed by atoms with van der Waals surface area (Å²) in [6.07, 6.45) is 0.931. The molecule has 0 saturated heterocycles. The third kappa shape index (κ3) is 4.67. The van der Waals surface area contributed by atoms with Crippen LogP contribution in [0.4, 0.5) is 4.39 Å². The molecule has 3 heteroatoms. The van der Waals surface area contributed by atoms with E-state index in [-0.39, 0.29) is 11.9 Å². The van der Waals surface area contributed by atoms with Gasteiger partial charge >= 0.3 is 0 Å². The molecule has 2 aromatic carbocycles. The standard InChI is InChI=1S/C17H20FNO/c1-14(15-8-10-16(18)11-9-15)19-12-5-13-20-17-6-3-2-4-7-17/h2-4,6-11,14,19H,5,12-13H2,1H3/t14-/m0/s1. The number of hydrogen-bond acceptors (Lipinski definition) is 2. The van der Waals surface area contributed by atoms with E-state index in [1.54, 1.807) is 0 Å². The fourth-order valence-corrected chi connectivity index (χ4v) is 1.97. The Labute approximate surface area is 119 Å². The van der Waals surface area contributed by atoms with Crippen molar-refractivity contribution < 1.29 is 9.13 Å². The maximum absolute atomic E-state index is 12.8. The van der Waals surface area contributed by atoms with Gasteiger partial charge in [-0.25, -0.2) is 4.39 Å². The van der Waals surface area contributed by atoms with Crippen molar-refractivity contribution in [2.24, 2.45) is 0 Å². The molecule has 0 aliphatic carbocycles. The van der Waals surface area contributed by atoms with Gasteiger partial charge in [-0.05, 0) is 49.7 Å². The van der Waals surface area contributed by atoms with Crippen molar-refractivity contribution >= 4 is 0 Å². The Hall–Kier alpha value is -1.87. The summed E-state index contributed by atoms with van der Waals surface area (Å²) in [5.74, 6) is 0.705. The molecule has 2 aromatic rings. The molecule has 0 bridgehead atoms. The summed E-state index contributed by atoms with van der Waals surface area (Å²) >= 11 is 0. The molecule has 1 atom stereocenters. The maximum Gasteiger partial charge on any atom is 0.123 e. The molecule has 0 radical (unpaired) electrons. The minimum Gasteiger partial charge on any atom is -0.494 e. The molecule has 0 aromatic heterocycles. The first kappa shape index (κ1) is 14.5. The highest BCUT2D eigenvalue weighted by Crippen LogP contribution is 2.13. The van der Waals surface area contributed by atoms with E-state index in [1.807, 2.05) is 42.5 Å². The molecule has 0 aliphatic rings. The van der Waals surface area contributed by atoms with Crippen LogP contribution in [-0.4, -0.2) is 13.2 Å². The van der Waals surface area contributed by atoms with Gasteiger partial charge in [0, 0.05) is 6.04 Å². The Balaban J connectivity index is 1.64. The van der Waals surface area contributed by atoms with Crippen molar-refractivity contribution in [1.29, 1.82) is 0 Å². The molecule has 2 rings (SSSR count). The summed E-state index contributed by atoms with van der Waals surface area (Å²) in [5.41, 5.74) is 1.09. The zero-order valence-electron chi connectivity index (χ0n) is 11.7. The zero-order chi connectivity index (χ0) is 14.2. The normalized spacial score (nSPS) is 12.1. The van der Waals surface area contributed by atoms with Crippen molar-refractivity contribution in [3.63, 3.8) is 0 Å². The Bertz CT molecular complexity index is 498. The van der Waals surface area contributed by atoms with Crippen LogP contribution in [0.5, 0.6) is 5.75 Å². The lowest BCUT2D eigenvalue weighted by Gasteiger charge is -2.14. The smallest absolute Gasteiger partial charge is 0.123 e. The van der Waals surface area contributed by atoms with E-state index >= 15 is 0 Å². The Kier molecular flexibility index (Phi) is 5.56. The number of hydrogen-bond donors (Lipinski definition) is 1. The van der Waals surface area contributed by atoms with Crippen LogP contribution in [0, 0.1) is 5.82 Å². The summed E-state index contributed by atoms with van der Waals surface area (Å²) in [7, 11) is 0. The SMILES string of the molecule is C[C@H](NCCCOc1ccccc1)c1ccc(F)cc1. The number of nitrogens with one attached hydrogen (secondary N) is 1. The number of ether oxygens (including phenoxy) is 1. The lowest BCUT2D eigenvalue weighted by atomic mass is 10.1. The molecule has 1 N–H and O–H groups in total. The molecule has 20 heavy (non-hydrogen) atoms. The highest BCUT2D eigenvalue weighted by molar-refractivity contribution is 5.21. The largest absolute Gasteiger partial charge is 0.494 e. The zero-order valence-corrected chi connectivity index (χ0v) is 11.7. The second kappa shape index (κ2) is 7.65. The molecule has 0 aliphatic heterocycles. The number of benzene rings is 2. The molecule has 0 amide bonds. The van der Waals surface area contributed by atoms with E-state index in [0.717, 1.165) is 24.3 Å². The van der Waals surface area contributed by atoms with E-state index < -0.39 is 0 Å². The highest BCUT2D eigenvalue weighted by Gasteiger charge is 2.04. The third-order valence-corrected chi connectivity index (χ3v) is 3.15. The van der Waals surface area contributed by atoms with Gasteiger partial charge in [-0.3, -0.25) is 0 Å². The first-order valence-electron chi connectivity index (χ1n) is 6.92. The predicted molar refractivity (Wildman–Crippen MR) is 79.4 cm³/mol. The Morgan fingerprint density at radius 3 is 2.45 bits per heavy atom. The lowest BCUT2D eigenvalue weighted by molar-refractivity contribution is 0.305. The van der Waals surface area contributed by atoms with Crippen LogP contribution in [0.2, 0.25) is 0 Å². The van der Waals surface area contributed by atoms with Gasteiger partial charge in [0.15, 0.2) is 0 Å². The van der Waals surface area contributed by atoms with Gasteiger partial charge in [-0.2, -0.15) is 0 Å². The third-order valence-electron chi connectivity index (χ3n) is 3.15. The lowest BCUT2D eigenvalue weighted by Crippen LogP contribution is -2.21. The first-order chi connectivity index (χ1) is 9.75. The number of halogens is 1. The molecular formula is C17H20FNO. The molecule has 0 fully saturated rings. The van der Waals surface area contributed by atoms with Gasteiger partial charge in [0.25, 0.3) is 0 Å². The number of rotatable bonds is 7. The minimum absolute atomic E-state index is 0.197. The average Bonchev–Trinajstić information content (AvgIpc) is 2.48. The maximum atomic E-state index is 12.8. The van der Waals surface area contributed by atoms with Gasteiger partial charge in [0.05, 0.1) is 6.61 Å². The van der Waals surface area contributed by atoms with Crippen molar-refractivity contribution in [1.82, 2.24) is 5.32 Å². The van der Waals surface area contributed by atoms with Crippen LogP contribution in [0.25, 0.3) is 0 Å². The summed E-state index contributed by atoms with van der Waals surface area (Å²) < 4.78 is 18.4. The van der Waals surface area contributed by atoms with Crippen molar-refractivity contribution in [2.45, 2.75) is 19.4 Å². The minimum atomic E-state index is -0.197. The Morgan fingerprint density at radius 1 is 1.05 bits per heavy atom. The van der Waals surface area contributed by atoms with E-state index in [0.29, 0.717) is 6.61 Å². The predicted octanol–water partition coefficient (Wildman–Crippen LogP) is 3.95. The molecule has 0 unspecified atom stereocenters. The first-order valence-corrected chi connectivity index (χ1v) is 6.92. The van der Waals surface area contributed by atoms with Crippen LogP contribution in [0.3, 0.4) is 0 Å². The van der Waals surface area contributed by atoms with E-state index in [9.17, 15) is 4.39 Å². The summed E-state index contributed by atoms with van der Waals surface area (Å²) in [5, 5.41) is 3.40. The van der Waals surface area contributed by atoms with Crippen molar-refractivity contribution in [2.75, 3.05) is 13.2 Å². The van der Waals surface area contributed by atoms with Crippen LogP contribution >= 0.6 is 0 Å². The van der Waals surface area contributed by atoms with Crippen LogP contribution in [0.15, 0.2) is 54.6 Å². The number of para-hydroxylation sites is 1. The fourth-order valence-electron chi connectivity index (χ4n) is 1.97. The summed E-state index contributed by atoms with van der Waals surface area (Å²) in [4.78, 5) is 0. The average molecular weight is 273 g/mol. The van der Waals surface area contributed by atoms with E-state index in [2.05, 4.69) is 12.2 Å². The second-order valence-electron chi connectivity index (χ2n) is 4.74. The van der Waals surface area contributed by atoms with Gasteiger partial charge in [-0.15, -0.1) is 0 Å². The quantitative estimate of drug-likeness (QED) is 0.771. The topological polar surface area (TPSA) is 21.3 Å². The molecular weight excluding hydrogens is 253 g/mol. The van der Waals surface area contributed by atoms with E-state index in [1.165, 1.54) is 12.1 Å². The van der Waals surface area contributed by atoms with Crippen LogP contribution < -0.4 is 10.1 Å². The van der Waals surface area contributed by atoms with Crippen molar-refractivity contribution in [3.05, 3.63) is 66.0 Å². The van der Waals surface area contributed by atoms with Gasteiger partial charge in [0.1, 0.15) is 11.6 Å². The van der Waals surface area contributed by atoms with Gasteiger partial charge < -0.3 is 10.1 Å². The molecule has 0 heterocycles. The Morgan fingerprint density at radius 2 is 1.75 bits per heavy atom. The molecule has 0 saturated carbocycles. The molecule has 106 valence electrons. The summed E-state index contributed by atoms with van der Waals surface area (Å²) in [6, 6.07) is 16.6. The van der Waals surface area contributed by atoms with Crippen molar-refractivity contribution in [3.8, 4) is 5.75 Å². The van der Waals surface area contributed by atoms with Crippen LogP contribution in [0.1, 0.15) is 24.9 Å². The molecule has 2 nitrogen and oxygen atoms in total. The monoisotopic (exact) mass is 273 g/mol. The van der Waals surface area contributed by atoms with Gasteiger partial charge in [-0.1, -0.05) is 30.3 Å². The molecule has 0 spiro atoms. The fraction of sp³-hybridized carbons (Fsp3) is 0.294. The van der Waals surface area contributed by atoms with Gasteiger partial charge in [0.2, 0.25) is 0 Å².